The molecule has 1 atom stereocenters. The molecule has 0 heterocycles. The molecular weight excluding hydrogens is 198 g/mol. The van der Waals surface area contributed by atoms with Gasteiger partial charge in [-0.25, -0.2) is 0 Å². The molecule has 84 valence electrons. The van der Waals surface area contributed by atoms with Gasteiger partial charge in [-0.2, -0.15) is 11.8 Å². The van der Waals surface area contributed by atoms with Gasteiger partial charge in [0.05, 0.1) is 5.41 Å². The maximum atomic E-state index is 11.1. The summed E-state index contributed by atoms with van der Waals surface area (Å²) in [7, 11) is 0. The fraction of sp³-hybridized carbons (Fsp3) is 0.900. The molecule has 4 heteroatoms. The molecule has 3 N–H and O–H groups in total. The van der Waals surface area contributed by atoms with Crippen molar-refractivity contribution in [2.45, 2.75) is 32.6 Å². The Balaban J connectivity index is 4.26. The summed E-state index contributed by atoms with van der Waals surface area (Å²) in [5.41, 5.74) is 4.91. The third-order valence-electron chi connectivity index (χ3n) is 2.58. The molecule has 0 aromatic carbocycles. The summed E-state index contributed by atoms with van der Waals surface area (Å²) in [6, 6.07) is 0. The van der Waals surface area contributed by atoms with Crippen LogP contribution in [0.3, 0.4) is 0 Å². The van der Waals surface area contributed by atoms with Gasteiger partial charge in [0, 0.05) is 6.54 Å². The van der Waals surface area contributed by atoms with E-state index in [9.17, 15) is 4.79 Å². The molecule has 0 aromatic rings. The predicted molar refractivity (Wildman–Crippen MR) is 61.6 cm³/mol. The van der Waals surface area contributed by atoms with Crippen molar-refractivity contribution in [3.8, 4) is 0 Å². The highest BCUT2D eigenvalue weighted by Crippen LogP contribution is 2.29. The van der Waals surface area contributed by atoms with Crippen LogP contribution >= 0.6 is 11.8 Å². The molecule has 1 unspecified atom stereocenters. The highest BCUT2D eigenvalue weighted by molar-refractivity contribution is 7.98. The number of thioether (sulfide) groups is 1. The van der Waals surface area contributed by atoms with E-state index in [1.165, 1.54) is 0 Å². The minimum absolute atomic E-state index is 0.255. The van der Waals surface area contributed by atoms with Crippen molar-refractivity contribution >= 4 is 17.7 Å². The summed E-state index contributed by atoms with van der Waals surface area (Å²) in [5, 5.41) is 9.17. The normalized spacial score (nSPS) is 15.1. The van der Waals surface area contributed by atoms with Crippen LogP contribution in [-0.4, -0.2) is 29.6 Å². The lowest BCUT2D eigenvalue weighted by Crippen LogP contribution is -2.38. The maximum Gasteiger partial charge on any atom is 0.310 e. The molecule has 0 spiro atoms. The molecule has 0 aromatic heterocycles. The van der Waals surface area contributed by atoms with E-state index in [0.29, 0.717) is 12.8 Å². The Morgan fingerprint density at radius 2 is 2.14 bits per heavy atom. The molecule has 3 nitrogen and oxygen atoms in total. The fourth-order valence-electron chi connectivity index (χ4n) is 1.66. The number of hydrogen-bond donors (Lipinski definition) is 2. The Morgan fingerprint density at radius 1 is 1.50 bits per heavy atom. The Hall–Kier alpha value is -0.220. The molecule has 0 bridgehead atoms. The Kier molecular flexibility index (Phi) is 7.01. The zero-order valence-electron chi connectivity index (χ0n) is 9.08. The van der Waals surface area contributed by atoms with E-state index in [1.807, 2.05) is 13.2 Å². The largest absolute Gasteiger partial charge is 0.481 e. The van der Waals surface area contributed by atoms with Crippen LogP contribution in [0.1, 0.15) is 32.6 Å². The number of aliphatic carboxylic acids is 1. The van der Waals surface area contributed by atoms with Gasteiger partial charge in [-0.1, -0.05) is 13.3 Å². The number of carboxylic acids is 1. The van der Waals surface area contributed by atoms with E-state index in [0.717, 1.165) is 18.6 Å². The predicted octanol–water partition coefficient (Wildman–Crippen LogP) is 1.96. The van der Waals surface area contributed by atoms with Crippen LogP contribution in [-0.2, 0) is 4.79 Å². The first kappa shape index (κ1) is 13.8. The number of hydrogen-bond acceptors (Lipinski definition) is 3. The van der Waals surface area contributed by atoms with Crippen molar-refractivity contribution < 1.29 is 9.90 Å². The number of carboxylic acid groups (broad SMARTS) is 1. The Bertz CT molecular complexity index is 176. The standard InChI is InChI=1S/C10H21NO2S/c1-3-5-10(8-11,9(12)13)6-4-7-14-2/h3-8,11H2,1-2H3,(H,12,13). The van der Waals surface area contributed by atoms with E-state index in [2.05, 4.69) is 0 Å². The van der Waals surface area contributed by atoms with Gasteiger partial charge >= 0.3 is 5.97 Å². The SMILES string of the molecule is CCCC(CN)(CCCSC)C(=O)O. The number of nitrogens with two attached hydrogens (primary N) is 1. The molecular formula is C10H21NO2S. The van der Waals surface area contributed by atoms with Gasteiger partial charge < -0.3 is 10.8 Å². The lowest BCUT2D eigenvalue weighted by atomic mass is 9.79. The van der Waals surface area contributed by atoms with Gasteiger partial charge in [0.1, 0.15) is 0 Å². The van der Waals surface area contributed by atoms with Crippen LogP contribution < -0.4 is 5.73 Å². The first-order valence-electron chi connectivity index (χ1n) is 5.05. The monoisotopic (exact) mass is 219 g/mol. The van der Waals surface area contributed by atoms with Gasteiger partial charge in [-0.15, -0.1) is 0 Å². The summed E-state index contributed by atoms with van der Waals surface area (Å²) in [6.07, 6.45) is 5.23. The van der Waals surface area contributed by atoms with Crippen LogP contribution in [0.25, 0.3) is 0 Å². The molecule has 0 radical (unpaired) electrons. The molecule has 0 aliphatic rings. The van der Waals surface area contributed by atoms with Crippen molar-refractivity contribution in [3.05, 3.63) is 0 Å². The van der Waals surface area contributed by atoms with Crippen molar-refractivity contribution in [1.29, 1.82) is 0 Å². The van der Waals surface area contributed by atoms with Crippen LogP contribution in [0, 0.1) is 5.41 Å². The highest BCUT2D eigenvalue weighted by atomic mass is 32.2. The zero-order chi connectivity index (χ0) is 11.0. The van der Waals surface area contributed by atoms with Crippen LogP contribution in [0.5, 0.6) is 0 Å². The molecule has 0 fully saturated rings. The first-order valence-corrected chi connectivity index (χ1v) is 6.44. The van der Waals surface area contributed by atoms with Crippen molar-refractivity contribution in [3.63, 3.8) is 0 Å². The second-order valence-electron chi connectivity index (χ2n) is 3.64. The first-order chi connectivity index (χ1) is 6.63. The van der Waals surface area contributed by atoms with E-state index in [1.54, 1.807) is 11.8 Å². The van der Waals surface area contributed by atoms with Gasteiger partial charge in [0.15, 0.2) is 0 Å². The summed E-state index contributed by atoms with van der Waals surface area (Å²) >= 11 is 1.75. The molecule has 0 saturated carbocycles. The van der Waals surface area contributed by atoms with Crippen molar-refractivity contribution in [1.82, 2.24) is 0 Å². The van der Waals surface area contributed by atoms with E-state index >= 15 is 0 Å². The lowest BCUT2D eigenvalue weighted by Gasteiger charge is -2.27. The van der Waals surface area contributed by atoms with E-state index in [-0.39, 0.29) is 6.54 Å². The number of rotatable bonds is 8. The summed E-state index contributed by atoms with van der Waals surface area (Å²) < 4.78 is 0. The molecule has 0 rings (SSSR count). The summed E-state index contributed by atoms with van der Waals surface area (Å²) in [5.74, 6) is 0.279. The van der Waals surface area contributed by atoms with Gasteiger partial charge in [-0.05, 0) is 31.3 Å². The van der Waals surface area contributed by atoms with Crippen molar-refractivity contribution in [2.24, 2.45) is 11.1 Å². The smallest absolute Gasteiger partial charge is 0.310 e. The van der Waals surface area contributed by atoms with Crippen LogP contribution in [0.2, 0.25) is 0 Å². The summed E-state index contributed by atoms with van der Waals surface area (Å²) in [6.45, 7) is 2.26. The molecule has 0 aliphatic carbocycles. The van der Waals surface area contributed by atoms with E-state index in [4.69, 9.17) is 10.8 Å². The second kappa shape index (κ2) is 7.12. The zero-order valence-corrected chi connectivity index (χ0v) is 9.90. The summed E-state index contributed by atoms with van der Waals surface area (Å²) in [4.78, 5) is 11.1. The maximum absolute atomic E-state index is 11.1. The molecule has 0 amide bonds. The number of carbonyl (C=O) groups is 1. The second-order valence-corrected chi connectivity index (χ2v) is 4.62. The molecule has 0 saturated heterocycles. The fourth-order valence-corrected chi connectivity index (χ4v) is 2.10. The van der Waals surface area contributed by atoms with E-state index < -0.39 is 11.4 Å². The van der Waals surface area contributed by atoms with Gasteiger partial charge in [0.2, 0.25) is 0 Å². The third-order valence-corrected chi connectivity index (χ3v) is 3.27. The van der Waals surface area contributed by atoms with Crippen LogP contribution in [0.4, 0.5) is 0 Å². The minimum Gasteiger partial charge on any atom is -0.481 e. The van der Waals surface area contributed by atoms with Crippen LogP contribution in [0.15, 0.2) is 0 Å². The van der Waals surface area contributed by atoms with Gasteiger partial charge in [0.25, 0.3) is 0 Å². The molecule has 14 heavy (non-hydrogen) atoms. The Labute approximate surface area is 90.4 Å². The lowest BCUT2D eigenvalue weighted by molar-refractivity contribution is -0.149. The Morgan fingerprint density at radius 3 is 2.50 bits per heavy atom. The minimum atomic E-state index is -0.733. The van der Waals surface area contributed by atoms with Gasteiger partial charge in [-0.3, -0.25) is 4.79 Å². The van der Waals surface area contributed by atoms with Crippen molar-refractivity contribution in [2.75, 3.05) is 18.6 Å². The third kappa shape index (κ3) is 3.88. The quantitative estimate of drug-likeness (QED) is 0.613. The molecule has 0 aliphatic heterocycles. The highest BCUT2D eigenvalue weighted by Gasteiger charge is 2.35. The topological polar surface area (TPSA) is 63.3 Å². The average Bonchev–Trinajstić information content (AvgIpc) is 2.16. The average molecular weight is 219 g/mol.